The summed E-state index contributed by atoms with van der Waals surface area (Å²) in [6.45, 7) is 0. The van der Waals surface area contributed by atoms with Crippen molar-refractivity contribution < 1.29 is 13.8 Å². The summed E-state index contributed by atoms with van der Waals surface area (Å²) >= 11 is 5.46. The normalized spacial score (nSPS) is 11.3. The third-order valence-corrected chi connectivity index (χ3v) is 7.02. The van der Waals surface area contributed by atoms with Gasteiger partial charge >= 0.3 is 6.12 Å². The number of carbonyl (C=O) groups is 1. The van der Waals surface area contributed by atoms with Gasteiger partial charge in [0.1, 0.15) is 17.1 Å². The van der Waals surface area contributed by atoms with Crippen LogP contribution in [0.2, 0.25) is 0 Å². The summed E-state index contributed by atoms with van der Waals surface area (Å²) in [4.78, 5) is 10.8. The fourth-order valence-corrected chi connectivity index (χ4v) is 3.17. The molecule has 0 unspecified atom stereocenters. The molecule has 0 saturated carbocycles. The monoisotopic (exact) mass is 230 g/mol. The minimum Gasteiger partial charge on any atom is -0.358 e. The highest BCUT2D eigenvalue weighted by molar-refractivity contribution is 8.87. The molecule has 0 fully saturated rings. The molecule has 72 valence electrons. The minimum absolute atomic E-state index is 0.0625. The Morgan fingerprint density at radius 1 is 1.58 bits per heavy atom. The highest BCUT2D eigenvalue weighted by Gasteiger charge is 2.38. The van der Waals surface area contributed by atoms with E-state index in [1.807, 2.05) is 0 Å². The largest absolute Gasteiger partial charge is 0.392 e. The van der Waals surface area contributed by atoms with Gasteiger partial charge in [0.15, 0.2) is 0 Å². The van der Waals surface area contributed by atoms with E-state index in [0.29, 0.717) is 5.75 Å². The van der Waals surface area contributed by atoms with Crippen molar-refractivity contribution in [3.8, 4) is 0 Å². The summed E-state index contributed by atoms with van der Waals surface area (Å²) in [5.74, 6) is 0.239. The molecule has 0 saturated heterocycles. The van der Waals surface area contributed by atoms with Crippen molar-refractivity contribution in [1.29, 1.82) is 0 Å². The van der Waals surface area contributed by atoms with E-state index in [9.17, 15) is 4.79 Å². The number of amides is 1. The van der Waals surface area contributed by atoms with Crippen LogP contribution < -0.4 is 5.32 Å². The van der Waals surface area contributed by atoms with E-state index in [1.54, 1.807) is 7.05 Å². The molecule has 1 N–H and O–H groups in total. The average Bonchev–Trinajstić information content (AvgIpc) is 2.13. The molecule has 7 heteroatoms. The molecule has 0 rings (SSSR count). The van der Waals surface area contributed by atoms with Crippen molar-refractivity contribution in [3.05, 3.63) is 0 Å². The molecule has 0 aliphatic heterocycles. The summed E-state index contributed by atoms with van der Waals surface area (Å²) in [7, 11) is 4.61. The van der Waals surface area contributed by atoms with Crippen molar-refractivity contribution >= 4 is 35.7 Å². The third kappa shape index (κ3) is 4.52. The molecule has 0 bridgehead atoms. The topological polar surface area (TPSA) is 47.6 Å². The van der Waals surface area contributed by atoms with E-state index in [2.05, 4.69) is 17.6 Å². The summed E-state index contributed by atoms with van der Waals surface area (Å²) in [6.07, 6.45) is -2.15. The molecule has 0 aliphatic carbocycles. The third-order valence-electron chi connectivity index (χ3n) is 1.10. The van der Waals surface area contributed by atoms with Gasteiger partial charge in [-0.15, -0.1) is 0 Å². The lowest BCUT2D eigenvalue weighted by molar-refractivity contribution is -0.118. The molecule has 0 atom stereocenters. The molecule has 4 nitrogen and oxygen atoms in total. The molecule has 0 aromatic heterocycles. The molecule has 0 aromatic carbocycles. The Bertz CT molecular complexity index is 154. The van der Waals surface area contributed by atoms with Gasteiger partial charge in [-0.05, 0) is 0 Å². The summed E-state index contributed by atoms with van der Waals surface area (Å²) < 4.78 is 10.0. The van der Waals surface area contributed by atoms with Gasteiger partial charge in [0.05, 0.1) is 26.5 Å². The first-order chi connectivity index (χ1) is 5.58. The van der Waals surface area contributed by atoms with Crippen LogP contribution in [0.1, 0.15) is 0 Å². The number of hydrogen-bond donors (Lipinski definition) is 2. The van der Waals surface area contributed by atoms with Crippen molar-refractivity contribution in [3.63, 3.8) is 0 Å². The molecule has 0 radical (unpaired) electrons. The van der Waals surface area contributed by atoms with Crippen molar-refractivity contribution in [2.75, 3.05) is 27.0 Å². The lowest BCUT2D eigenvalue weighted by Crippen LogP contribution is -2.19. The molecule has 0 aromatic rings. The standard InChI is InChI=1S/C5H12NO3PS2/c1-6-5(7)4-12-10(11,8-2)9-3/h11H,4H2,1-3H3/p+1. The maximum atomic E-state index is 10.8. The maximum Gasteiger partial charge on any atom is 0.392 e. The number of thiol groups is 1. The van der Waals surface area contributed by atoms with Gasteiger partial charge in [0.2, 0.25) is 5.91 Å². The van der Waals surface area contributed by atoms with E-state index >= 15 is 0 Å². The predicted octanol–water partition coefficient (Wildman–Crippen LogP) is 1.37. The van der Waals surface area contributed by atoms with E-state index in [4.69, 9.17) is 9.05 Å². The zero-order valence-electron chi connectivity index (χ0n) is 7.23. The van der Waals surface area contributed by atoms with E-state index in [-0.39, 0.29) is 5.91 Å². The molecular formula is C5H13NO3PS2+. The highest BCUT2D eigenvalue weighted by atomic mass is 33.1. The number of rotatable bonds is 5. The fraction of sp³-hybridized carbons (Fsp3) is 0.800. The molecule has 0 heterocycles. The Labute approximate surface area is 82.2 Å². The van der Waals surface area contributed by atoms with Crippen molar-refractivity contribution in [2.24, 2.45) is 0 Å². The van der Waals surface area contributed by atoms with Crippen LogP contribution in [0.4, 0.5) is 0 Å². The van der Waals surface area contributed by atoms with Gasteiger partial charge in [0.25, 0.3) is 0 Å². The van der Waals surface area contributed by atoms with Crippen LogP contribution in [0.3, 0.4) is 0 Å². The van der Waals surface area contributed by atoms with Crippen molar-refractivity contribution in [1.82, 2.24) is 5.32 Å². The fourth-order valence-electron chi connectivity index (χ4n) is 0.392. The second-order valence-electron chi connectivity index (χ2n) is 1.78. The van der Waals surface area contributed by atoms with Crippen LogP contribution in [0.5, 0.6) is 0 Å². The van der Waals surface area contributed by atoms with Crippen LogP contribution in [0, 0.1) is 0 Å². The zero-order chi connectivity index (χ0) is 9.61. The first kappa shape index (κ1) is 12.5. The Balaban J connectivity index is 3.80. The van der Waals surface area contributed by atoms with Crippen LogP contribution in [0.15, 0.2) is 0 Å². The molecule has 12 heavy (non-hydrogen) atoms. The van der Waals surface area contributed by atoms with Gasteiger partial charge in [-0.25, -0.2) is 0 Å². The summed E-state index contributed by atoms with van der Waals surface area (Å²) in [5, 5.41) is 2.50. The summed E-state index contributed by atoms with van der Waals surface area (Å²) in [6, 6.07) is 0. The second-order valence-corrected chi connectivity index (χ2v) is 8.60. The highest BCUT2D eigenvalue weighted by Crippen LogP contribution is 2.74. The van der Waals surface area contributed by atoms with Crippen LogP contribution in [-0.2, 0) is 13.8 Å². The van der Waals surface area contributed by atoms with Crippen LogP contribution >= 0.6 is 29.8 Å². The first-order valence-corrected chi connectivity index (χ1v) is 7.53. The molecular weight excluding hydrogens is 217 g/mol. The molecule has 0 spiro atoms. The number of hydrogen-bond acceptors (Lipinski definition) is 5. The van der Waals surface area contributed by atoms with Crippen LogP contribution in [-0.4, -0.2) is 32.9 Å². The van der Waals surface area contributed by atoms with Gasteiger partial charge in [-0.2, -0.15) is 9.05 Å². The van der Waals surface area contributed by atoms with Gasteiger partial charge in [0, 0.05) is 7.05 Å². The number of nitrogens with one attached hydrogen (secondary N) is 1. The van der Waals surface area contributed by atoms with E-state index < -0.39 is 6.12 Å². The van der Waals surface area contributed by atoms with Gasteiger partial charge in [-0.3, -0.25) is 4.79 Å². The van der Waals surface area contributed by atoms with Crippen LogP contribution in [0.25, 0.3) is 0 Å². The molecule has 1 amide bonds. The van der Waals surface area contributed by atoms with Gasteiger partial charge in [-0.1, -0.05) is 0 Å². The zero-order valence-corrected chi connectivity index (χ0v) is 9.84. The Kier molecular flexibility index (Phi) is 6.31. The summed E-state index contributed by atoms with van der Waals surface area (Å²) in [5.41, 5.74) is 0. The van der Waals surface area contributed by atoms with Gasteiger partial charge < -0.3 is 5.32 Å². The smallest absolute Gasteiger partial charge is 0.358 e. The lowest BCUT2D eigenvalue weighted by atomic mass is 10.7. The van der Waals surface area contributed by atoms with E-state index in [0.717, 1.165) is 0 Å². The quantitative estimate of drug-likeness (QED) is 0.553. The Morgan fingerprint density at radius 3 is 2.42 bits per heavy atom. The Morgan fingerprint density at radius 2 is 2.08 bits per heavy atom. The van der Waals surface area contributed by atoms with E-state index in [1.165, 1.54) is 25.6 Å². The lowest BCUT2D eigenvalue weighted by Gasteiger charge is -2.10. The minimum atomic E-state index is -2.15. The predicted molar refractivity (Wildman–Crippen MR) is 56.4 cm³/mol. The first-order valence-electron chi connectivity index (χ1n) is 3.16. The average molecular weight is 230 g/mol. The van der Waals surface area contributed by atoms with Crippen molar-refractivity contribution in [2.45, 2.75) is 0 Å². The SMILES string of the molecule is CNC(=O)CS[P+](S)(OC)OC. The number of carbonyl (C=O) groups excluding carboxylic acids is 1. The molecule has 0 aliphatic rings. The Hall–Kier alpha value is 0.520. The second kappa shape index (κ2) is 6.05. The maximum absolute atomic E-state index is 10.8.